The molecule has 0 unspecified atom stereocenters. The number of nitrogens with one attached hydrogen (secondary N) is 1. The number of ether oxygens (including phenoxy) is 3. The topological polar surface area (TPSA) is 118 Å². The first-order valence-corrected chi connectivity index (χ1v) is 10.4. The van der Waals surface area contributed by atoms with Crippen LogP contribution in [0.25, 0.3) is 0 Å². The second-order valence-corrected chi connectivity index (χ2v) is 7.96. The van der Waals surface area contributed by atoms with Crippen LogP contribution in [0.15, 0.2) is 42.5 Å². The Morgan fingerprint density at radius 2 is 1.91 bits per heavy atom. The molecule has 0 aromatic heterocycles. The van der Waals surface area contributed by atoms with Gasteiger partial charge in [0.2, 0.25) is 0 Å². The zero-order valence-electron chi connectivity index (χ0n) is 18.1. The molecule has 0 spiro atoms. The van der Waals surface area contributed by atoms with Gasteiger partial charge in [-0.3, -0.25) is 10.1 Å². The van der Waals surface area contributed by atoms with E-state index in [2.05, 4.69) is 17.9 Å². The van der Waals surface area contributed by atoms with Gasteiger partial charge in [-0.15, -0.1) is 0 Å². The van der Waals surface area contributed by atoms with Crippen LogP contribution in [0.1, 0.15) is 37.5 Å². The number of phenols is 1. The van der Waals surface area contributed by atoms with Crippen molar-refractivity contribution >= 4 is 30.4 Å². The van der Waals surface area contributed by atoms with E-state index in [1.807, 2.05) is 19.9 Å². The van der Waals surface area contributed by atoms with Crippen molar-refractivity contribution in [2.75, 3.05) is 24.8 Å². The molecule has 0 aliphatic heterocycles. The standard InChI is InChI=1S/C23H26N2O6S/c1-23(2,10-11-30-20(27)14-32)21(16-6-9-19(29-3)18(26)12-16)31-22(28)25-17-7-4-15(13-24)5-8-17/h4-9,12,21,26,32H,10-11,14H2,1-3H3,(H,25,28)/t21-/m0/s1. The summed E-state index contributed by atoms with van der Waals surface area (Å²) < 4.78 is 16.0. The van der Waals surface area contributed by atoms with E-state index in [9.17, 15) is 14.7 Å². The van der Waals surface area contributed by atoms with Crippen molar-refractivity contribution in [2.45, 2.75) is 26.4 Å². The molecule has 0 bridgehead atoms. The van der Waals surface area contributed by atoms with Crippen molar-refractivity contribution in [1.29, 1.82) is 5.26 Å². The molecule has 32 heavy (non-hydrogen) atoms. The summed E-state index contributed by atoms with van der Waals surface area (Å²) in [7, 11) is 1.44. The van der Waals surface area contributed by atoms with E-state index in [0.717, 1.165) is 0 Å². The third kappa shape index (κ3) is 6.82. The van der Waals surface area contributed by atoms with Gasteiger partial charge in [0.25, 0.3) is 0 Å². The maximum absolute atomic E-state index is 12.7. The largest absolute Gasteiger partial charge is 0.504 e. The first kappa shape index (κ1) is 24.9. The molecule has 8 nitrogen and oxygen atoms in total. The van der Waals surface area contributed by atoms with Gasteiger partial charge in [-0.05, 0) is 48.4 Å². The Labute approximate surface area is 192 Å². The Balaban J connectivity index is 2.24. The molecule has 1 amide bonds. The third-order valence-electron chi connectivity index (χ3n) is 4.84. The number of anilines is 1. The summed E-state index contributed by atoms with van der Waals surface area (Å²) in [6, 6.07) is 13.1. The number of phenolic OH excluding ortho intramolecular Hbond substituents is 1. The van der Waals surface area contributed by atoms with Gasteiger partial charge in [0.1, 0.15) is 6.10 Å². The lowest BCUT2D eigenvalue weighted by Gasteiger charge is -2.34. The van der Waals surface area contributed by atoms with E-state index in [1.165, 1.54) is 13.2 Å². The SMILES string of the molecule is COc1ccc([C@H](OC(=O)Nc2ccc(C#N)cc2)C(C)(C)CCOC(=O)CS)cc1O. The van der Waals surface area contributed by atoms with Crippen LogP contribution >= 0.6 is 12.6 Å². The number of rotatable bonds is 9. The maximum Gasteiger partial charge on any atom is 0.412 e. The Bertz CT molecular complexity index is 985. The van der Waals surface area contributed by atoms with Crippen molar-refractivity contribution in [3.8, 4) is 17.6 Å². The number of methoxy groups -OCH3 is 1. The van der Waals surface area contributed by atoms with E-state index >= 15 is 0 Å². The van der Waals surface area contributed by atoms with Crippen LogP contribution < -0.4 is 10.1 Å². The number of nitrogens with zero attached hydrogens (tertiary/aromatic N) is 1. The Hall–Kier alpha value is -3.38. The molecule has 0 heterocycles. The lowest BCUT2D eigenvalue weighted by Crippen LogP contribution is -2.30. The number of hydrogen-bond acceptors (Lipinski definition) is 8. The second kappa shape index (κ2) is 11.3. The van der Waals surface area contributed by atoms with Crippen LogP contribution in [0.4, 0.5) is 10.5 Å². The molecule has 2 aromatic rings. The number of benzene rings is 2. The molecule has 9 heteroatoms. The van der Waals surface area contributed by atoms with E-state index in [4.69, 9.17) is 19.5 Å². The van der Waals surface area contributed by atoms with Crippen LogP contribution in [0, 0.1) is 16.7 Å². The summed E-state index contributed by atoms with van der Waals surface area (Å²) in [4.78, 5) is 24.1. The molecule has 0 fully saturated rings. The number of esters is 1. The minimum atomic E-state index is -0.785. The van der Waals surface area contributed by atoms with Gasteiger partial charge in [-0.2, -0.15) is 17.9 Å². The number of carbonyl (C=O) groups is 2. The average Bonchev–Trinajstić information content (AvgIpc) is 2.77. The van der Waals surface area contributed by atoms with Crippen LogP contribution in [-0.4, -0.2) is 36.6 Å². The molecular weight excluding hydrogens is 432 g/mol. The highest BCUT2D eigenvalue weighted by Gasteiger charge is 2.35. The van der Waals surface area contributed by atoms with Gasteiger partial charge in [0.05, 0.1) is 31.1 Å². The Kier molecular flexibility index (Phi) is 8.79. The number of hydrogen-bond donors (Lipinski definition) is 3. The molecule has 0 saturated carbocycles. The summed E-state index contributed by atoms with van der Waals surface area (Å²) >= 11 is 3.88. The van der Waals surface area contributed by atoms with Crippen LogP contribution in [-0.2, 0) is 14.3 Å². The monoisotopic (exact) mass is 458 g/mol. The van der Waals surface area contributed by atoms with Gasteiger partial charge in [0, 0.05) is 11.1 Å². The third-order valence-corrected chi connectivity index (χ3v) is 5.10. The number of aromatic hydroxyl groups is 1. The maximum atomic E-state index is 12.7. The van der Waals surface area contributed by atoms with E-state index in [-0.39, 0.29) is 23.9 Å². The summed E-state index contributed by atoms with van der Waals surface area (Å²) in [5.41, 5.74) is 0.807. The lowest BCUT2D eigenvalue weighted by atomic mass is 9.79. The van der Waals surface area contributed by atoms with Crippen molar-refractivity contribution in [1.82, 2.24) is 0 Å². The molecule has 2 rings (SSSR count). The molecule has 0 aliphatic rings. The summed E-state index contributed by atoms with van der Waals surface area (Å²) in [6.07, 6.45) is -1.11. The summed E-state index contributed by atoms with van der Waals surface area (Å²) in [5.74, 6) is -0.277. The fourth-order valence-corrected chi connectivity index (χ4v) is 3.13. The molecule has 0 saturated heterocycles. The predicted molar refractivity (Wildman–Crippen MR) is 122 cm³/mol. The lowest BCUT2D eigenvalue weighted by molar-refractivity contribution is -0.141. The molecule has 2 N–H and O–H groups in total. The van der Waals surface area contributed by atoms with E-state index in [0.29, 0.717) is 23.2 Å². The zero-order valence-corrected chi connectivity index (χ0v) is 19.0. The van der Waals surface area contributed by atoms with Crippen molar-refractivity contribution in [3.63, 3.8) is 0 Å². The van der Waals surface area contributed by atoms with Crippen molar-refractivity contribution in [3.05, 3.63) is 53.6 Å². The van der Waals surface area contributed by atoms with Crippen LogP contribution in [0.3, 0.4) is 0 Å². The molecule has 1 atom stereocenters. The van der Waals surface area contributed by atoms with Crippen molar-refractivity contribution in [2.24, 2.45) is 5.41 Å². The van der Waals surface area contributed by atoms with Gasteiger partial charge >= 0.3 is 12.1 Å². The van der Waals surface area contributed by atoms with Gasteiger partial charge < -0.3 is 19.3 Å². The number of nitriles is 1. The highest BCUT2D eigenvalue weighted by atomic mass is 32.1. The predicted octanol–water partition coefficient (Wildman–Crippen LogP) is 4.45. The minimum Gasteiger partial charge on any atom is -0.504 e. The highest BCUT2D eigenvalue weighted by molar-refractivity contribution is 7.81. The number of carbonyl (C=O) groups excluding carboxylic acids is 2. The van der Waals surface area contributed by atoms with Gasteiger partial charge in [0.15, 0.2) is 11.5 Å². The number of amides is 1. The Morgan fingerprint density at radius 1 is 1.22 bits per heavy atom. The summed E-state index contributed by atoms with van der Waals surface area (Å²) in [6.45, 7) is 3.84. The minimum absolute atomic E-state index is 0.0281. The smallest absolute Gasteiger partial charge is 0.412 e. The first-order chi connectivity index (χ1) is 15.2. The average molecular weight is 459 g/mol. The van der Waals surface area contributed by atoms with Crippen LogP contribution in [0.2, 0.25) is 0 Å². The molecular formula is C23H26N2O6S. The second-order valence-electron chi connectivity index (χ2n) is 7.65. The molecule has 0 radical (unpaired) electrons. The first-order valence-electron chi connectivity index (χ1n) is 9.81. The van der Waals surface area contributed by atoms with Gasteiger partial charge in [-0.25, -0.2) is 4.79 Å². The van der Waals surface area contributed by atoms with E-state index < -0.39 is 23.6 Å². The molecule has 2 aromatic carbocycles. The molecule has 0 aliphatic carbocycles. The number of thiol groups is 1. The van der Waals surface area contributed by atoms with Crippen molar-refractivity contribution < 1.29 is 28.9 Å². The normalized spacial score (nSPS) is 11.7. The molecule has 170 valence electrons. The highest BCUT2D eigenvalue weighted by Crippen LogP contribution is 2.42. The Morgan fingerprint density at radius 3 is 2.47 bits per heavy atom. The van der Waals surface area contributed by atoms with Gasteiger partial charge in [-0.1, -0.05) is 19.9 Å². The fourth-order valence-electron chi connectivity index (χ4n) is 3.04. The fraction of sp³-hybridized carbons (Fsp3) is 0.348. The summed E-state index contributed by atoms with van der Waals surface area (Å²) in [5, 5.41) is 21.8. The van der Waals surface area contributed by atoms with Crippen LogP contribution in [0.5, 0.6) is 11.5 Å². The quantitative estimate of drug-likeness (QED) is 0.375. The zero-order chi connectivity index (χ0) is 23.7. The van der Waals surface area contributed by atoms with E-state index in [1.54, 1.807) is 36.4 Å².